The highest BCUT2D eigenvalue weighted by molar-refractivity contribution is 5.46. The van der Waals surface area contributed by atoms with E-state index in [0.29, 0.717) is 0 Å². The molecule has 2 rings (SSSR count). The zero-order valence-corrected chi connectivity index (χ0v) is 13.1. The van der Waals surface area contributed by atoms with Gasteiger partial charge >= 0.3 is 0 Å². The summed E-state index contributed by atoms with van der Waals surface area (Å²) < 4.78 is 6.03. The summed E-state index contributed by atoms with van der Waals surface area (Å²) in [6.45, 7) is 6.43. The highest BCUT2D eigenvalue weighted by Gasteiger charge is 2.32. The maximum atomic E-state index is 10.4. The van der Waals surface area contributed by atoms with Crippen LogP contribution in [0.15, 0.2) is 18.2 Å². The number of para-hydroxylation sites is 1. The van der Waals surface area contributed by atoms with Crippen LogP contribution in [-0.4, -0.2) is 10.7 Å². The zero-order chi connectivity index (χ0) is 14.6. The van der Waals surface area contributed by atoms with Crippen molar-refractivity contribution in [3.05, 3.63) is 29.3 Å². The van der Waals surface area contributed by atoms with E-state index in [-0.39, 0.29) is 11.7 Å². The summed E-state index contributed by atoms with van der Waals surface area (Å²) in [5, 5.41) is 10.4. The predicted molar refractivity (Wildman–Crippen MR) is 83.2 cm³/mol. The third-order valence-corrected chi connectivity index (χ3v) is 4.06. The lowest BCUT2D eigenvalue weighted by atomic mass is 9.97. The van der Waals surface area contributed by atoms with Crippen molar-refractivity contribution in [1.29, 1.82) is 0 Å². The fraction of sp³-hybridized carbons (Fsp3) is 0.667. The predicted octanol–water partition coefficient (Wildman–Crippen LogP) is 4.79. The van der Waals surface area contributed by atoms with E-state index in [2.05, 4.69) is 26.8 Å². The molecule has 0 spiro atoms. The van der Waals surface area contributed by atoms with Gasteiger partial charge in [0.2, 0.25) is 0 Å². The molecule has 1 aliphatic heterocycles. The first kappa shape index (κ1) is 15.4. The van der Waals surface area contributed by atoms with E-state index >= 15 is 0 Å². The number of hydrogen-bond donors (Lipinski definition) is 1. The van der Waals surface area contributed by atoms with Gasteiger partial charge in [-0.05, 0) is 25.8 Å². The normalized spacial score (nSPS) is 17.6. The molecule has 1 aromatic rings. The second kappa shape index (κ2) is 6.62. The summed E-state index contributed by atoms with van der Waals surface area (Å²) in [5.41, 5.74) is 2.07. The van der Waals surface area contributed by atoms with Crippen LogP contribution < -0.4 is 4.74 Å². The number of aliphatic hydroxyl groups is 1. The minimum Gasteiger partial charge on any atom is -0.487 e. The van der Waals surface area contributed by atoms with E-state index < -0.39 is 0 Å². The van der Waals surface area contributed by atoms with E-state index in [1.54, 1.807) is 0 Å². The van der Waals surface area contributed by atoms with Crippen molar-refractivity contribution >= 4 is 0 Å². The third kappa shape index (κ3) is 3.76. The Morgan fingerprint density at radius 1 is 1.20 bits per heavy atom. The number of ether oxygens (including phenoxy) is 1. The van der Waals surface area contributed by atoms with Crippen molar-refractivity contribution in [2.75, 3.05) is 0 Å². The number of fused-ring (bicyclic) bond motifs is 1. The fourth-order valence-electron chi connectivity index (χ4n) is 3.00. The number of unbranched alkanes of at least 4 members (excludes halogenated alkanes) is 4. The minimum atomic E-state index is -0.388. The molecular formula is C18H28O2. The summed E-state index contributed by atoms with van der Waals surface area (Å²) >= 11 is 0. The van der Waals surface area contributed by atoms with Gasteiger partial charge in [-0.2, -0.15) is 0 Å². The Bertz CT molecular complexity index is 437. The van der Waals surface area contributed by atoms with E-state index in [1.807, 2.05) is 12.1 Å². The van der Waals surface area contributed by atoms with E-state index in [0.717, 1.165) is 30.6 Å². The van der Waals surface area contributed by atoms with Gasteiger partial charge in [0.1, 0.15) is 11.4 Å². The molecule has 0 bridgehead atoms. The summed E-state index contributed by atoms with van der Waals surface area (Å²) in [7, 11) is 0. The van der Waals surface area contributed by atoms with Crippen LogP contribution in [0.4, 0.5) is 0 Å². The van der Waals surface area contributed by atoms with E-state index in [1.165, 1.54) is 31.2 Å². The molecule has 20 heavy (non-hydrogen) atoms. The average Bonchev–Trinajstić information content (AvgIpc) is 2.71. The summed E-state index contributed by atoms with van der Waals surface area (Å²) in [5.74, 6) is 0.929. The highest BCUT2D eigenvalue weighted by atomic mass is 16.5. The first-order valence-electron chi connectivity index (χ1n) is 8.02. The van der Waals surface area contributed by atoms with Crippen molar-refractivity contribution in [1.82, 2.24) is 0 Å². The molecule has 1 aliphatic rings. The Hall–Kier alpha value is -1.02. The van der Waals surface area contributed by atoms with Crippen molar-refractivity contribution in [2.45, 2.75) is 77.4 Å². The monoisotopic (exact) mass is 276 g/mol. The molecule has 2 heteroatoms. The molecular weight excluding hydrogens is 248 g/mol. The Kier molecular flexibility index (Phi) is 5.09. The summed E-state index contributed by atoms with van der Waals surface area (Å²) in [6.07, 6.45) is 7.52. The van der Waals surface area contributed by atoms with Crippen LogP contribution in [0.25, 0.3) is 0 Å². The molecule has 0 saturated carbocycles. The molecule has 0 amide bonds. The first-order chi connectivity index (χ1) is 9.53. The molecule has 1 unspecified atom stereocenters. The largest absolute Gasteiger partial charge is 0.487 e. The number of hydrogen-bond acceptors (Lipinski definition) is 2. The quantitative estimate of drug-likeness (QED) is 0.725. The molecule has 0 radical (unpaired) electrons. The minimum absolute atomic E-state index is 0.140. The van der Waals surface area contributed by atoms with Gasteiger partial charge in [-0.1, -0.05) is 57.2 Å². The second-order valence-electron chi connectivity index (χ2n) is 6.59. The van der Waals surface area contributed by atoms with Crippen LogP contribution in [0.3, 0.4) is 0 Å². The molecule has 1 aromatic carbocycles. The molecule has 0 fully saturated rings. The topological polar surface area (TPSA) is 29.5 Å². The molecule has 2 nitrogen and oxygen atoms in total. The maximum Gasteiger partial charge on any atom is 0.129 e. The van der Waals surface area contributed by atoms with Crippen molar-refractivity contribution in [2.24, 2.45) is 0 Å². The van der Waals surface area contributed by atoms with Crippen molar-refractivity contribution < 1.29 is 9.84 Å². The molecule has 0 aliphatic carbocycles. The van der Waals surface area contributed by atoms with Crippen LogP contribution in [0.1, 0.15) is 76.5 Å². The fourth-order valence-corrected chi connectivity index (χ4v) is 3.00. The van der Waals surface area contributed by atoms with Crippen LogP contribution >= 0.6 is 0 Å². The Labute approximate surface area is 123 Å². The highest BCUT2D eigenvalue weighted by Crippen LogP contribution is 2.40. The van der Waals surface area contributed by atoms with Gasteiger partial charge in [0.15, 0.2) is 0 Å². The van der Waals surface area contributed by atoms with Crippen LogP contribution in [-0.2, 0) is 6.42 Å². The number of rotatable bonds is 7. The van der Waals surface area contributed by atoms with Gasteiger partial charge in [0.25, 0.3) is 0 Å². The molecule has 1 N–H and O–H groups in total. The van der Waals surface area contributed by atoms with Gasteiger partial charge in [0, 0.05) is 12.0 Å². The van der Waals surface area contributed by atoms with Crippen LogP contribution in [0.5, 0.6) is 5.75 Å². The smallest absolute Gasteiger partial charge is 0.129 e. The Balaban J connectivity index is 1.95. The van der Waals surface area contributed by atoms with Crippen LogP contribution in [0.2, 0.25) is 0 Å². The Morgan fingerprint density at radius 2 is 1.95 bits per heavy atom. The number of benzene rings is 1. The van der Waals surface area contributed by atoms with E-state index in [9.17, 15) is 5.11 Å². The maximum absolute atomic E-state index is 10.4. The molecule has 1 heterocycles. The first-order valence-corrected chi connectivity index (χ1v) is 8.02. The van der Waals surface area contributed by atoms with Crippen molar-refractivity contribution in [3.63, 3.8) is 0 Å². The van der Waals surface area contributed by atoms with Gasteiger partial charge in [0.05, 0.1) is 6.10 Å². The lowest BCUT2D eigenvalue weighted by Crippen LogP contribution is -2.25. The van der Waals surface area contributed by atoms with Crippen LogP contribution in [0, 0.1) is 0 Å². The number of aliphatic hydroxyl groups excluding tert-OH is 1. The van der Waals surface area contributed by atoms with Gasteiger partial charge < -0.3 is 9.84 Å². The van der Waals surface area contributed by atoms with Gasteiger partial charge in [-0.3, -0.25) is 0 Å². The average molecular weight is 276 g/mol. The zero-order valence-electron chi connectivity index (χ0n) is 13.1. The SMILES string of the molecule is CCCCCCCC(O)c1cccc2c1OC(C)(C)C2. The molecule has 1 atom stereocenters. The molecule has 0 saturated heterocycles. The van der Waals surface area contributed by atoms with Gasteiger partial charge in [-0.15, -0.1) is 0 Å². The lowest BCUT2D eigenvalue weighted by Gasteiger charge is -2.20. The second-order valence-corrected chi connectivity index (χ2v) is 6.59. The standard InChI is InChI=1S/C18H28O2/c1-4-5-6-7-8-12-16(19)15-11-9-10-14-13-18(2,3)20-17(14)15/h9-11,16,19H,4-8,12-13H2,1-3H3. The lowest BCUT2D eigenvalue weighted by molar-refractivity contribution is 0.123. The van der Waals surface area contributed by atoms with E-state index in [4.69, 9.17) is 4.74 Å². The third-order valence-electron chi connectivity index (χ3n) is 4.06. The Morgan fingerprint density at radius 3 is 2.70 bits per heavy atom. The van der Waals surface area contributed by atoms with Gasteiger partial charge in [-0.25, -0.2) is 0 Å². The molecule has 112 valence electrons. The van der Waals surface area contributed by atoms with Crippen molar-refractivity contribution in [3.8, 4) is 5.75 Å². The summed E-state index contributed by atoms with van der Waals surface area (Å²) in [4.78, 5) is 0. The summed E-state index contributed by atoms with van der Waals surface area (Å²) in [6, 6.07) is 6.16. The molecule has 0 aromatic heterocycles.